The maximum atomic E-state index is 12.9. The van der Waals surface area contributed by atoms with Gasteiger partial charge in [-0.05, 0) is 13.0 Å². The number of aromatic hydroxyl groups is 1. The third-order valence-corrected chi connectivity index (χ3v) is 1.66. The van der Waals surface area contributed by atoms with Crippen LogP contribution in [0.25, 0.3) is 0 Å². The molecular formula is C9H11FO2. The van der Waals surface area contributed by atoms with Crippen LogP contribution in [-0.2, 0) is 0 Å². The van der Waals surface area contributed by atoms with Gasteiger partial charge >= 0.3 is 0 Å². The number of methoxy groups -OCH3 is 1. The van der Waals surface area contributed by atoms with Crippen LogP contribution in [0.5, 0.6) is 11.5 Å². The Morgan fingerprint density at radius 3 is 2.58 bits per heavy atom. The highest BCUT2D eigenvalue weighted by Gasteiger charge is 2.12. The zero-order valence-corrected chi connectivity index (χ0v) is 7.04. The summed E-state index contributed by atoms with van der Waals surface area (Å²) in [7, 11) is 1.40. The number of alkyl halides is 1. The molecule has 0 fully saturated rings. The lowest BCUT2D eigenvalue weighted by molar-refractivity contribution is 0.331. The summed E-state index contributed by atoms with van der Waals surface area (Å²) in [5.41, 5.74) is 0.373. The lowest BCUT2D eigenvalue weighted by Crippen LogP contribution is -1.92. The summed E-state index contributed by atoms with van der Waals surface area (Å²) < 4.78 is 17.7. The third kappa shape index (κ3) is 1.49. The van der Waals surface area contributed by atoms with Gasteiger partial charge in [0.2, 0.25) is 0 Å². The number of phenols is 1. The van der Waals surface area contributed by atoms with Crippen LogP contribution in [0.3, 0.4) is 0 Å². The van der Waals surface area contributed by atoms with Crippen LogP contribution in [0, 0.1) is 0 Å². The van der Waals surface area contributed by atoms with Crippen molar-refractivity contribution in [1.29, 1.82) is 0 Å². The highest BCUT2D eigenvalue weighted by molar-refractivity contribution is 5.46. The summed E-state index contributed by atoms with van der Waals surface area (Å²) in [5, 5.41) is 9.25. The molecule has 0 aliphatic carbocycles. The van der Waals surface area contributed by atoms with Gasteiger partial charge in [-0.15, -0.1) is 0 Å². The quantitative estimate of drug-likeness (QED) is 0.738. The van der Waals surface area contributed by atoms with Crippen LogP contribution in [-0.4, -0.2) is 12.2 Å². The maximum absolute atomic E-state index is 12.9. The van der Waals surface area contributed by atoms with Crippen molar-refractivity contribution >= 4 is 0 Å². The molecule has 1 unspecified atom stereocenters. The average Bonchev–Trinajstić information content (AvgIpc) is 2.03. The molecule has 0 heterocycles. The fraction of sp³-hybridized carbons (Fsp3) is 0.333. The SMILES string of the molecule is COc1c(O)cccc1C(C)F. The van der Waals surface area contributed by atoms with Crippen molar-refractivity contribution in [2.24, 2.45) is 0 Å². The van der Waals surface area contributed by atoms with E-state index in [1.54, 1.807) is 12.1 Å². The largest absolute Gasteiger partial charge is 0.504 e. The number of ether oxygens (including phenoxy) is 1. The maximum Gasteiger partial charge on any atom is 0.166 e. The van der Waals surface area contributed by atoms with Crippen LogP contribution in [0.1, 0.15) is 18.7 Å². The number of phenolic OH excluding ortho intramolecular Hbond substituents is 1. The Morgan fingerprint density at radius 1 is 1.50 bits per heavy atom. The molecule has 1 aromatic carbocycles. The van der Waals surface area contributed by atoms with Crippen molar-refractivity contribution in [2.75, 3.05) is 7.11 Å². The van der Waals surface area contributed by atoms with Crippen molar-refractivity contribution in [3.8, 4) is 11.5 Å². The minimum Gasteiger partial charge on any atom is -0.504 e. The second kappa shape index (κ2) is 3.43. The van der Waals surface area contributed by atoms with Crippen molar-refractivity contribution in [3.63, 3.8) is 0 Å². The van der Waals surface area contributed by atoms with E-state index in [2.05, 4.69) is 0 Å². The lowest BCUT2D eigenvalue weighted by Gasteiger charge is -2.09. The summed E-state index contributed by atoms with van der Waals surface area (Å²) in [5.74, 6) is 0.187. The van der Waals surface area contributed by atoms with Crippen LogP contribution >= 0.6 is 0 Å². The minimum atomic E-state index is -1.13. The smallest absolute Gasteiger partial charge is 0.166 e. The number of halogens is 1. The zero-order chi connectivity index (χ0) is 9.14. The summed E-state index contributed by atoms with van der Waals surface area (Å²) in [6.07, 6.45) is -1.13. The number of benzene rings is 1. The van der Waals surface area contributed by atoms with Gasteiger partial charge in [-0.25, -0.2) is 4.39 Å². The fourth-order valence-corrected chi connectivity index (χ4v) is 1.08. The molecule has 1 N–H and O–H groups in total. The van der Waals surface area contributed by atoms with E-state index in [-0.39, 0.29) is 11.5 Å². The second-order valence-electron chi connectivity index (χ2n) is 2.52. The van der Waals surface area contributed by atoms with Crippen molar-refractivity contribution in [2.45, 2.75) is 13.1 Å². The van der Waals surface area contributed by atoms with Gasteiger partial charge in [-0.1, -0.05) is 12.1 Å². The van der Waals surface area contributed by atoms with Gasteiger partial charge in [-0.3, -0.25) is 0 Å². The van der Waals surface area contributed by atoms with E-state index >= 15 is 0 Å². The number of para-hydroxylation sites is 1. The monoisotopic (exact) mass is 170 g/mol. The number of hydrogen-bond donors (Lipinski definition) is 1. The topological polar surface area (TPSA) is 29.5 Å². The van der Waals surface area contributed by atoms with Crippen LogP contribution in [0.4, 0.5) is 4.39 Å². The highest BCUT2D eigenvalue weighted by atomic mass is 19.1. The molecular weight excluding hydrogens is 159 g/mol. The second-order valence-corrected chi connectivity index (χ2v) is 2.52. The highest BCUT2D eigenvalue weighted by Crippen LogP contribution is 2.34. The van der Waals surface area contributed by atoms with E-state index in [4.69, 9.17) is 4.74 Å². The van der Waals surface area contributed by atoms with E-state index in [9.17, 15) is 9.50 Å². The predicted octanol–water partition coefficient (Wildman–Crippen LogP) is 2.43. The Hall–Kier alpha value is -1.25. The van der Waals surface area contributed by atoms with Crippen LogP contribution in [0.2, 0.25) is 0 Å². The molecule has 1 atom stereocenters. The summed E-state index contributed by atoms with van der Waals surface area (Å²) in [4.78, 5) is 0. The van der Waals surface area contributed by atoms with Gasteiger partial charge in [0.1, 0.15) is 6.17 Å². The van der Waals surface area contributed by atoms with Gasteiger partial charge in [0, 0.05) is 5.56 Å². The first kappa shape index (κ1) is 8.84. The molecule has 0 bridgehead atoms. The third-order valence-electron chi connectivity index (χ3n) is 1.66. The Bertz CT molecular complexity index is 271. The van der Waals surface area contributed by atoms with Gasteiger partial charge in [-0.2, -0.15) is 0 Å². The van der Waals surface area contributed by atoms with Crippen molar-refractivity contribution < 1.29 is 14.2 Å². The Morgan fingerprint density at radius 2 is 2.17 bits per heavy atom. The molecule has 0 aliphatic rings. The van der Waals surface area contributed by atoms with Gasteiger partial charge in [0.05, 0.1) is 7.11 Å². The predicted molar refractivity (Wildman–Crippen MR) is 44.2 cm³/mol. The van der Waals surface area contributed by atoms with Gasteiger partial charge < -0.3 is 9.84 Å². The van der Waals surface area contributed by atoms with Crippen molar-refractivity contribution in [1.82, 2.24) is 0 Å². The molecule has 0 spiro atoms. The molecule has 0 saturated carbocycles. The molecule has 66 valence electrons. The molecule has 3 heteroatoms. The fourth-order valence-electron chi connectivity index (χ4n) is 1.08. The molecule has 0 saturated heterocycles. The molecule has 0 amide bonds. The zero-order valence-electron chi connectivity index (χ0n) is 7.04. The van der Waals surface area contributed by atoms with E-state index < -0.39 is 6.17 Å². The molecule has 0 aromatic heterocycles. The molecule has 0 aliphatic heterocycles. The van der Waals surface area contributed by atoms with Gasteiger partial charge in [0.25, 0.3) is 0 Å². The van der Waals surface area contributed by atoms with E-state index in [0.29, 0.717) is 5.56 Å². The summed E-state index contributed by atoms with van der Waals surface area (Å²) in [6, 6.07) is 4.64. The number of rotatable bonds is 2. The molecule has 1 rings (SSSR count). The lowest BCUT2D eigenvalue weighted by atomic mass is 10.1. The van der Waals surface area contributed by atoms with Gasteiger partial charge in [0.15, 0.2) is 11.5 Å². The molecule has 12 heavy (non-hydrogen) atoms. The average molecular weight is 170 g/mol. The first-order valence-electron chi connectivity index (χ1n) is 3.66. The first-order chi connectivity index (χ1) is 5.66. The summed E-state index contributed by atoms with van der Waals surface area (Å²) >= 11 is 0. The molecule has 1 aromatic rings. The molecule has 0 radical (unpaired) electrons. The minimum absolute atomic E-state index is 0.0282. The standard InChI is InChI=1S/C9H11FO2/c1-6(10)7-4-3-5-8(11)9(7)12-2/h3-6,11H,1-2H3. The molecule has 2 nitrogen and oxygen atoms in total. The van der Waals surface area contributed by atoms with E-state index in [0.717, 1.165) is 0 Å². The summed E-state index contributed by atoms with van der Waals surface area (Å²) in [6.45, 7) is 1.40. The van der Waals surface area contributed by atoms with Crippen LogP contribution in [0.15, 0.2) is 18.2 Å². The van der Waals surface area contributed by atoms with Crippen LogP contribution < -0.4 is 4.74 Å². The Kier molecular flexibility index (Phi) is 2.53. The Balaban J connectivity index is 3.18. The van der Waals surface area contributed by atoms with E-state index in [1.807, 2.05) is 0 Å². The van der Waals surface area contributed by atoms with Crippen molar-refractivity contribution in [3.05, 3.63) is 23.8 Å². The number of hydrogen-bond acceptors (Lipinski definition) is 2. The normalized spacial score (nSPS) is 12.6. The first-order valence-corrected chi connectivity index (χ1v) is 3.66. The van der Waals surface area contributed by atoms with E-state index in [1.165, 1.54) is 20.1 Å². The Labute approximate surface area is 70.6 Å².